The fraction of sp³-hybridized carbons (Fsp3) is 0.926. The van der Waals surface area contributed by atoms with E-state index < -0.39 is 0 Å². The van der Waals surface area contributed by atoms with Crippen LogP contribution in [0.25, 0.3) is 0 Å². The molecule has 0 aliphatic carbocycles. The topological polar surface area (TPSA) is 0 Å². The van der Waals surface area contributed by atoms with Gasteiger partial charge in [0.2, 0.25) is 0 Å². The second-order valence-corrected chi connectivity index (χ2v) is 18.8. The fourth-order valence-corrected chi connectivity index (χ4v) is 9.65. The van der Waals surface area contributed by atoms with Crippen LogP contribution in [0.2, 0.25) is 0 Å². The summed E-state index contributed by atoms with van der Waals surface area (Å²) in [6.45, 7) is 9.59. The Labute approximate surface area is 350 Å². The Balaban J connectivity index is 2.39. The van der Waals surface area contributed by atoms with Crippen LogP contribution in [-0.2, 0) is 0 Å². The van der Waals surface area contributed by atoms with Gasteiger partial charge in [-0.25, -0.2) is 0 Å². The number of hydrogen-bond donors (Lipinski definition) is 0. The molecule has 1 heteroatoms. The van der Waals surface area contributed by atoms with E-state index in [-0.39, 0.29) is 0 Å². The van der Waals surface area contributed by atoms with Crippen LogP contribution in [0.15, 0.2) is 24.4 Å². The van der Waals surface area contributed by atoms with Crippen LogP contribution in [0.5, 0.6) is 0 Å². The smallest absolute Gasteiger partial charge is 0.102 e. The second kappa shape index (κ2) is 43.0. The molecule has 1 unspecified atom stereocenters. The van der Waals surface area contributed by atoms with Gasteiger partial charge in [0.05, 0.1) is 18.8 Å². The molecule has 0 radical (unpaired) electrons. The lowest BCUT2D eigenvalue weighted by atomic mass is 9.95. The van der Waals surface area contributed by atoms with Crippen molar-refractivity contribution in [1.82, 2.24) is 0 Å². The molecule has 1 nitrogen and oxygen atoms in total. The molecule has 0 amide bonds. The van der Waals surface area contributed by atoms with Crippen LogP contribution >= 0.6 is 0 Å². The van der Waals surface area contributed by atoms with Gasteiger partial charge in [-0.05, 0) is 50.7 Å². The van der Waals surface area contributed by atoms with E-state index in [1.807, 2.05) is 0 Å². The third kappa shape index (κ3) is 34.1. The molecule has 0 aromatic rings. The summed E-state index contributed by atoms with van der Waals surface area (Å²) in [7, 11) is 0. The van der Waals surface area contributed by atoms with Gasteiger partial charge in [-0.2, -0.15) is 0 Å². The molecule has 0 saturated carbocycles. The highest BCUT2D eigenvalue weighted by Crippen LogP contribution is 2.29. The van der Waals surface area contributed by atoms with Crippen molar-refractivity contribution in [2.45, 2.75) is 309 Å². The second-order valence-electron chi connectivity index (χ2n) is 18.8. The standard InChI is InChI=1S/C54H106N/c1-4-7-10-13-16-19-22-25-28-31-34-37-40-44-49-54(50-45-41-38-35-32-29-26-23-20-17-14-11-8-5-2)55(52-47-43-48-53-55)51-46-42-39-36-33-30-27-24-21-18-15-12-9-6-3/h43,47-48,52,54H,4-42,44-46,49-51,53H2,1-3H3/q+1. The first kappa shape index (κ1) is 52.5. The van der Waals surface area contributed by atoms with E-state index in [1.165, 1.54) is 300 Å². The molecule has 0 fully saturated rings. The minimum absolute atomic E-state index is 0.831. The molecule has 0 aromatic heterocycles. The summed E-state index contributed by atoms with van der Waals surface area (Å²) in [5.74, 6) is 0. The van der Waals surface area contributed by atoms with Crippen LogP contribution in [0, 0.1) is 0 Å². The molecule has 1 heterocycles. The lowest BCUT2D eigenvalue weighted by molar-refractivity contribution is -0.900. The molecule has 0 spiro atoms. The Morgan fingerprint density at radius 3 is 0.818 bits per heavy atom. The average molecular weight is 769 g/mol. The third-order valence-corrected chi connectivity index (χ3v) is 13.5. The SMILES string of the molecule is CCCCCCCCCCCCCCCCC(CCCCCCCCCCCCCCCC)[N+]1(CCCCCCCCCCCCCCCC)C=CC=CC1. The number of allylic oxidation sites excluding steroid dienone is 2. The van der Waals surface area contributed by atoms with Crippen LogP contribution < -0.4 is 0 Å². The van der Waals surface area contributed by atoms with Crippen LogP contribution in [0.1, 0.15) is 303 Å². The summed E-state index contributed by atoms with van der Waals surface area (Å²) in [5.41, 5.74) is 0. The quantitative estimate of drug-likeness (QED) is 0.0427. The van der Waals surface area contributed by atoms with Gasteiger partial charge in [-0.3, -0.25) is 4.48 Å². The summed E-state index contributed by atoms with van der Waals surface area (Å²) in [6, 6.07) is 0.831. The summed E-state index contributed by atoms with van der Waals surface area (Å²) >= 11 is 0. The Bertz CT molecular complexity index is 750. The van der Waals surface area contributed by atoms with E-state index in [2.05, 4.69) is 45.2 Å². The van der Waals surface area contributed by atoms with Crippen molar-refractivity contribution in [3.05, 3.63) is 24.4 Å². The highest BCUT2D eigenvalue weighted by Gasteiger charge is 2.34. The van der Waals surface area contributed by atoms with E-state index in [0.717, 1.165) is 6.04 Å². The van der Waals surface area contributed by atoms with Crippen molar-refractivity contribution in [2.24, 2.45) is 0 Å². The number of nitrogens with zero attached hydrogens (tertiary/aromatic N) is 1. The van der Waals surface area contributed by atoms with Crippen molar-refractivity contribution in [2.75, 3.05) is 13.1 Å². The summed E-state index contributed by atoms with van der Waals surface area (Å²) in [5, 5.41) is 0. The molecular formula is C54H106N+. The Kier molecular flexibility index (Phi) is 41.0. The van der Waals surface area contributed by atoms with Gasteiger partial charge < -0.3 is 0 Å². The van der Waals surface area contributed by atoms with Gasteiger partial charge in [0.25, 0.3) is 0 Å². The maximum atomic E-state index is 2.65. The van der Waals surface area contributed by atoms with Gasteiger partial charge in [-0.15, -0.1) is 0 Å². The lowest BCUT2D eigenvalue weighted by Crippen LogP contribution is -2.52. The molecule has 0 bridgehead atoms. The van der Waals surface area contributed by atoms with Crippen LogP contribution in [0.4, 0.5) is 0 Å². The summed E-state index contributed by atoms with van der Waals surface area (Å²) in [4.78, 5) is 0. The zero-order chi connectivity index (χ0) is 39.4. The molecule has 55 heavy (non-hydrogen) atoms. The van der Waals surface area contributed by atoms with Crippen molar-refractivity contribution >= 4 is 0 Å². The minimum Gasteiger partial charge on any atom is -0.292 e. The predicted molar refractivity (Wildman–Crippen MR) is 252 cm³/mol. The number of rotatable bonds is 46. The molecule has 1 aliphatic heterocycles. The fourth-order valence-electron chi connectivity index (χ4n) is 9.65. The number of unbranched alkanes of at least 4 members (excludes halogenated alkanes) is 39. The zero-order valence-corrected chi connectivity index (χ0v) is 38.9. The molecule has 0 N–H and O–H groups in total. The van der Waals surface area contributed by atoms with E-state index in [0.29, 0.717) is 0 Å². The molecule has 326 valence electrons. The van der Waals surface area contributed by atoms with Crippen LogP contribution in [0.3, 0.4) is 0 Å². The van der Waals surface area contributed by atoms with E-state index in [1.54, 1.807) is 0 Å². The average Bonchev–Trinajstić information content (AvgIpc) is 3.20. The van der Waals surface area contributed by atoms with E-state index in [9.17, 15) is 0 Å². The zero-order valence-electron chi connectivity index (χ0n) is 38.9. The molecule has 1 aliphatic rings. The van der Waals surface area contributed by atoms with Crippen molar-refractivity contribution in [3.63, 3.8) is 0 Å². The van der Waals surface area contributed by atoms with Gasteiger partial charge in [0, 0.05) is 0 Å². The molecule has 1 atom stereocenters. The first-order valence-electron chi connectivity index (χ1n) is 26.5. The number of hydrogen-bond acceptors (Lipinski definition) is 0. The largest absolute Gasteiger partial charge is 0.292 e. The maximum absolute atomic E-state index is 2.65. The highest BCUT2D eigenvalue weighted by atomic mass is 15.4. The summed E-state index contributed by atoms with van der Waals surface area (Å²) in [6.07, 6.45) is 74.1. The summed E-state index contributed by atoms with van der Waals surface area (Å²) < 4.78 is 1.27. The van der Waals surface area contributed by atoms with E-state index >= 15 is 0 Å². The maximum Gasteiger partial charge on any atom is 0.102 e. The van der Waals surface area contributed by atoms with Crippen molar-refractivity contribution < 1.29 is 4.48 Å². The molecule has 0 saturated heterocycles. The number of quaternary nitrogens is 1. The molecule has 1 rings (SSSR count). The van der Waals surface area contributed by atoms with Crippen LogP contribution in [-0.4, -0.2) is 23.6 Å². The monoisotopic (exact) mass is 769 g/mol. The Morgan fingerprint density at radius 2 is 0.564 bits per heavy atom. The van der Waals surface area contributed by atoms with Gasteiger partial charge in [-0.1, -0.05) is 271 Å². The van der Waals surface area contributed by atoms with Crippen molar-refractivity contribution in [1.29, 1.82) is 0 Å². The molecule has 0 aromatic carbocycles. The highest BCUT2D eigenvalue weighted by molar-refractivity contribution is 5.04. The third-order valence-electron chi connectivity index (χ3n) is 13.5. The normalized spacial score (nSPS) is 15.6. The predicted octanol–water partition coefficient (Wildman–Crippen LogP) is 19.5. The first-order chi connectivity index (χ1) is 27.3. The first-order valence-corrected chi connectivity index (χ1v) is 26.5. The van der Waals surface area contributed by atoms with Gasteiger partial charge >= 0.3 is 0 Å². The van der Waals surface area contributed by atoms with Crippen molar-refractivity contribution in [3.8, 4) is 0 Å². The minimum atomic E-state index is 0.831. The Hall–Kier alpha value is -0.560. The lowest BCUT2D eigenvalue weighted by Gasteiger charge is -2.43. The molecular weight excluding hydrogens is 663 g/mol. The van der Waals surface area contributed by atoms with Gasteiger partial charge in [0.1, 0.15) is 6.54 Å². The Morgan fingerprint density at radius 1 is 0.309 bits per heavy atom. The van der Waals surface area contributed by atoms with Gasteiger partial charge in [0.15, 0.2) is 0 Å². The van der Waals surface area contributed by atoms with E-state index in [4.69, 9.17) is 0 Å².